The first-order valence-corrected chi connectivity index (χ1v) is 12.1. The first kappa shape index (κ1) is 19.1. The van der Waals surface area contributed by atoms with Gasteiger partial charge in [-0.2, -0.15) is 0 Å². The van der Waals surface area contributed by atoms with Crippen molar-refractivity contribution >= 4 is 47.0 Å². The van der Waals surface area contributed by atoms with Crippen LogP contribution in [0.4, 0.5) is 0 Å². The number of fused-ring (bicyclic) bond motifs is 1. The lowest BCUT2D eigenvalue weighted by molar-refractivity contribution is 0.549. The number of rotatable bonds is 4. The summed E-state index contributed by atoms with van der Waals surface area (Å²) in [5.41, 5.74) is 5.94. The third kappa shape index (κ3) is 3.58. The van der Waals surface area contributed by atoms with E-state index in [1.165, 1.54) is 40.1 Å². The van der Waals surface area contributed by atoms with Gasteiger partial charge in [-0.1, -0.05) is 11.6 Å². The van der Waals surface area contributed by atoms with Crippen LogP contribution in [-0.2, 0) is 12.8 Å². The monoisotopic (exact) mass is 442 g/mol. The molecule has 2 aromatic heterocycles. The molecule has 3 unspecified atom stereocenters. The van der Waals surface area contributed by atoms with Gasteiger partial charge in [0, 0.05) is 22.2 Å². The molecule has 5 rings (SSSR count). The Hall–Kier alpha value is -1.89. The second-order valence-corrected chi connectivity index (χ2v) is 9.99. The molecule has 29 heavy (non-hydrogen) atoms. The van der Waals surface area contributed by atoms with Crippen molar-refractivity contribution in [2.75, 3.05) is 0 Å². The maximum atomic E-state index is 6.41. The summed E-state index contributed by atoms with van der Waals surface area (Å²) in [6, 6.07) is 0.302. The summed E-state index contributed by atoms with van der Waals surface area (Å²) in [4.78, 5) is 11.0. The van der Waals surface area contributed by atoms with Gasteiger partial charge in [0.1, 0.15) is 0 Å². The minimum absolute atomic E-state index is 0.0356. The van der Waals surface area contributed by atoms with E-state index in [0.717, 1.165) is 11.5 Å². The molecule has 0 fully saturated rings. The van der Waals surface area contributed by atoms with E-state index in [1.54, 1.807) is 41.3 Å². The molecule has 4 nitrogen and oxygen atoms in total. The van der Waals surface area contributed by atoms with Crippen LogP contribution < -0.4 is 10.6 Å². The van der Waals surface area contributed by atoms with Crippen LogP contribution in [0.1, 0.15) is 62.9 Å². The fraction of sp³-hybridized carbons (Fsp3) is 0.364. The first-order chi connectivity index (χ1) is 14.2. The molecule has 0 saturated heterocycles. The number of aliphatic imine (C=N–C) groups is 2. The van der Waals surface area contributed by atoms with Gasteiger partial charge in [0.2, 0.25) is 0 Å². The van der Waals surface area contributed by atoms with E-state index >= 15 is 0 Å². The lowest BCUT2D eigenvalue weighted by Crippen LogP contribution is -2.22. The van der Waals surface area contributed by atoms with Gasteiger partial charge >= 0.3 is 0 Å². The highest BCUT2D eigenvalue weighted by Crippen LogP contribution is 2.43. The van der Waals surface area contributed by atoms with Gasteiger partial charge < -0.3 is 10.6 Å². The molecular weight excluding hydrogens is 420 g/mol. The fourth-order valence-electron chi connectivity index (χ4n) is 4.50. The van der Waals surface area contributed by atoms with E-state index in [0.29, 0.717) is 5.92 Å². The van der Waals surface area contributed by atoms with Gasteiger partial charge in [-0.25, -0.2) is 9.98 Å². The third-order valence-corrected chi connectivity index (χ3v) is 8.69. The van der Waals surface area contributed by atoms with Crippen molar-refractivity contribution in [3.05, 3.63) is 66.3 Å². The minimum Gasteiger partial charge on any atom is -0.365 e. The van der Waals surface area contributed by atoms with Crippen LogP contribution in [0, 0.1) is 6.92 Å². The molecule has 0 saturated carbocycles. The second kappa shape index (κ2) is 8.09. The Balaban J connectivity index is 1.38. The predicted molar refractivity (Wildman–Crippen MR) is 125 cm³/mol. The molecule has 2 aromatic rings. The molecular formula is C22H23ClN4S2. The van der Waals surface area contributed by atoms with Crippen LogP contribution in [0.3, 0.4) is 0 Å². The van der Waals surface area contributed by atoms with E-state index in [1.807, 2.05) is 17.5 Å². The lowest BCUT2D eigenvalue weighted by Gasteiger charge is -2.25. The van der Waals surface area contributed by atoms with Gasteiger partial charge in [-0.15, -0.1) is 22.7 Å². The van der Waals surface area contributed by atoms with Gasteiger partial charge in [-0.3, -0.25) is 0 Å². The average Bonchev–Trinajstić information content (AvgIpc) is 3.34. The van der Waals surface area contributed by atoms with Crippen molar-refractivity contribution in [2.24, 2.45) is 9.98 Å². The van der Waals surface area contributed by atoms with Crippen LogP contribution in [0.2, 0.25) is 0 Å². The molecule has 4 heterocycles. The van der Waals surface area contributed by atoms with Gasteiger partial charge in [-0.05, 0) is 77.6 Å². The van der Waals surface area contributed by atoms with Crippen molar-refractivity contribution in [1.29, 1.82) is 0 Å². The Labute approximate surface area is 184 Å². The molecule has 0 spiro atoms. The molecule has 2 N–H and O–H groups in total. The SMILES string of the molecule is Cc1c(CC2CCCc3c2csc3C2C=CN=CN2)csc1C1NC=NC=C1Cl. The number of halogens is 1. The van der Waals surface area contributed by atoms with Gasteiger partial charge in [0.05, 0.1) is 29.8 Å². The number of hydrogen-bond donors (Lipinski definition) is 2. The summed E-state index contributed by atoms with van der Waals surface area (Å²) in [6.45, 7) is 2.23. The topological polar surface area (TPSA) is 48.8 Å². The van der Waals surface area contributed by atoms with Crippen molar-refractivity contribution in [3.63, 3.8) is 0 Å². The summed E-state index contributed by atoms with van der Waals surface area (Å²) in [5, 5.41) is 12.2. The highest BCUT2D eigenvalue weighted by atomic mass is 35.5. The molecule has 150 valence electrons. The van der Waals surface area contributed by atoms with Crippen LogP contribution in [-0.4, -0.2) is 12.7 Å². The Morgan fingerprint density at radius 2 is 2.00 bits per heavy atom. The molecule has 3 atom stereocenters. The number of thiophene rings is 2. The van der Waals surface area contributed by atoms with Crippen LogP contribution in [0.25, 0.3) is 0 Å². The molecule has 0 radical (unpaired) electrons. The fourth-order valence-corrected chi connectivity index (χ4v) is 7.22. The largest absolute Gasteiger partial charge is 0.365 e. The zero-order valence-corrected chi connectivity index (χ0v) is 18.6. The molecule has 3 aliphatic rings. The summed E-state index contributed by atoms with van der Waals surface area (Å²) in [5.74, 6) is 0.595. The molecule has 0 aromatic carbocycles. The quantitative estimate of drug-likeness (QED) is 0.636. The average molecular weight is 443 g/mol. The zero-order chi connectivity index (χ0) is 19.8. The van der Waals surface area contributed by atoms with E-state index in [2.05, 4.69) is 44.4 Å². The summed E-state index contributed by atoms with van der Waals surface area (Å²) >= 11 is 10.1. The molecule has 2 aliphatic heterocycles. The summed E-state index contributed by atoms with van der Waals surface area (Å²) < 4.78 is 0. The number of nitrogens with zero attached hydrogens (tertiary/aromatic N) is 2. The molecule has 0 bridgehead atoms. The molecule has 7 heteroatoms. The predicted octanol–water partition coefficient (Wildman–Crippen LogP) is 5.72. The Kier molecular flexibility index (Phi) is 5.33. The second-order valence-electron chi connectivity index (χ2n) is 7.73. The maximum absolute atomic E-state index is 6.41. The Bertz CT molecular complexity index is 1030. The highest BCUT2D eigenvalue weighted by Gasteiger charge is 2.28. The number of hydrogen-bond acceptors (Lipinski definition) is 6. The van der Waals surface area contributed by atoms with Crippen molar-refractivity contribution < 1.29 is 0 Å². The Morgan fingerprint density at radius 3 is 2.83 bits per heavy atom. The highest BCUT2D eigenvalue weighted by molar-refractivity contribution is 7.10. The van der Waals surface area contributed by atoms with Crippen molar-refractivity contribution in [1.82, 2.24) is 10.6 Å². The standard InChI is InChI=1S/C22H23ClN4S2/c1-13-15(9-28-21(13)20-18(23)8-25-12-27-20)7-14-3-2-4-16-17(14)10-29-22(16)19-5-6-24-11-26-19/h5-6,8-12,14,19-20H,2-4,7H2,1H3,(H,24,26)(H,25,27). The van der Waals surface area contributed by atoms with E-state index in [-0.39, 0.29) is 12.1 Å². The first-order valence-electron chi connectivity index (χ1n) is 9.97. The van der Waals surface area contributed by atoms with Crippen LogP contribution in [0.15, 0.2) is 44.3 Å². The maximum Gasteiger partial charge on any atom is 0.0992 e. The summed E-state index contributed by atoms with van der Waals surface area (Å²) in [7, 11) is 0. The molecule has 0 amide bonds. The van der Waals surface area contributed by atoms with Crippen molar-refractivity contribution in [3.8, 4) is 0 Å². The van der Waals surface area contributed by atoms with Gasteiger partial charge in [0.15, 0.2) is 0 Å². The van der Waals surface area contributed by atoms with Crippen LogP contribution in [0.5, 0.6) is 0 Å². The third-order valence-electron chi connectivity index (χ3n) is 6.05. The lowest BCUT2D eigenvalue weighted by atomic mass is 9.80. The zero-order valence-electron chi connectivity index (χ0n) is 16.2. The van der Waals surface area contributed by atoms with E-state index < -0.39 is 0 Å². The van der Waals surface area contributed by atoms with E-state index in [4.69, 9.17) is 11.6 Å². The van der Waals surface area contributed by atoms with Gasteiger partial charge in [0.25, 0.3) is 0 Å². The van der Waals surface area contributed by atoms with Crippen molar-refractivity contribution in [2.45, 2.75) is 50.6 Å². The summed E-state index contributed by atoms with van der Waals surface area (Å²) in [6.07, 6.45) is 14.1. The smallest absolute Gasteiger partial charge is 0.0992 e. The van der Waals surface area contributed by atoms with E-state index in [9.17, 15) is 0 Å². The molecule has 1 aliphatic carbocycles. The van der Waals surface area contributed by atoms with Crippen LogP contribution >= 0.6 is 34.3 Å². The number of nitrogens with one attached hydrogen (secondary N) is 2. The normalized spacial score (nSPS) is 25.3. The Morgan fingerprint density at radius 1 is 1.14 bits per heavy atom. The minimum atomic E-state index is 0.0356.